The predicted molar refractivity (Wildman–Crippen MR) is 49.5 cm³/mol. The number of rotatable bonds is 3. The summed E-state index contributed by atoms with van der Waals surface area (Å²) < 4.78 is 5.44. The van der Waals surface area contributed by atoms with E-state index in [1.165, 1.54) is 5.56 Å². The van der Waals surface area contributed by atoms with Crippen molar-refractivity contribution < 1.29 is 4.74 Å². The molecule has 0 N–H and O–H groups in total. The highest BCUT2D eigenvalue weighted by atomic mass is 16.5. The van der Waals surface area contributed by atoms with Crippen molar-refractivity contribution in [3.63, 3.8) is 0 Å². The molecule has 0 saturated carbocycles. The first kappa shape index (κ1) is 9.04. The molecule has 0 amide bonds. The molecule has 1 heterocycles. The van der Waals surface area contributed by atoms with E-state index in [2.05, 4.69) is 18.8 Å². The average Bonchev–Trinajstić information content (AvgIpc) is 2.09. The summed E-state index contributed by atoms with van der Waals surface area (Å²) in [5.41, 5.74) is 2.29. The minimum atomic E-state index is 0.716. The van der Waals surface area contributed by atoms with Crippen LogP contribution in [0.1, 0.15) is 25.1 Å². The summed E-state index contributed by atoms with van der Waals surface area (Å²) in [4.78, 5) is 4.26. The van der Waals surface area contributed by atoms with Crippen molar-refractivity contribution in [3.05, 3.63) is 23.5 Å². The molecular formula is C10H15NO. The fourth-order valence-electron chi connectivity index (χ4n) is 1.23. The van der Waals surface area contributed by atoms with E-state index in [0.717, 1.165) is 17.9 Å². The average molecular weight is 165 g/mol. The van der Waals surface area contributed by atoms with Crippen molar-refractivity contribution >= 4 is 0 Å². The molecule has 0 saturated heterocycles. The Morgan fingerprint density at radius 3 is 2.75 bits per heavy atom. The van der Waals surface area contributed by atoms with Gasteiger partial charge in [-0.1, -0.05) is 6.92 Å². The van der Waals surface area contributed by atoms with Gasteiger partial charge in [-0.05, 0) is 26.3 Å². The molecule has 2 heteroatoms. The molecule has 0 atom stereocenters. The monoisotopic (exact) mass is 165 g/mol. The Kier molecular flexibility index (Phi) is 3.09. The van der Waals surface area contributed by atoms with Gasteiger partial charge in [-0.2, -0.15) is 0 Å². The second kappa shape index (κ2) is 4.10. The van der Waals surface area contributed by atoms with Crippen LogP contribution in [-0.4, -0.2) is 11.6 Å². The van der Waals surface area contributed by atoms with E-state index in [1.54, 1.807) is 6.20 Å². The summed E-state index contributed by atoms with van der Waals surface area (Å²) in [6.45, 7) is 6.86. The van der Waals surface area contributed by atoms with Crippen molar-refractivity contribution in [1.29, 1.82) is 0 Å². The normalized spacial score (nSPS) is 9.92. The summed E-state index contributed by atoms with van der Waals surface area (Å²) in [6, 6.07) is 1.91. The van der Waals surface area contributed by atoms with Gasteiger partial charge >= 0.3 is 0 Å². The second-order valence-electron chi connectivity index (χ2n) is 2.67. The lowest BCUT2D eigenvalue weighted by Crippen LogP contribution is -1.98. The van der Waals surface area contributed by atoms with Crippen LogP contribution in [0.5, 0.6) is 5.75 Å². The molecule has 66 valence electrons. The van der Waals surface area contributed by atoms with Crippen LogP contribution in [0.2, 0.25) is 0 Å². The molecule has 1 aromatic heterocycles. The maximum absolute atomic E-state index is 5.44. The molecular weight excluding hydrogens is 150 g/mol. The molecule has 0 bridgehead atoms. The summed E-state index contributed by atoms with van der Waals surface area (Å²) in [5, 5.41) is 0. The lowest BCUT2D eigenvalue weighted by molar-refractivity contribution is 0.337. The number of aryl methyl sites for hydroxylation is 1. The largest absolute Gasteiger partial charge is 0.493 e. The molecule has 12 heavy (non-hydrogen) atoms. The van der Waals surface area contributed by atoms with E-state index < -0.39 is 0 Å². The fourth-order valence-corrected chi connectivity index (χ4v) is 1.23. The molecule has 1 aromatic rings. The highest BCUT2D eigenvalue weighted by Crippen LogP contribution is 2.19. The lowest BCUT2D eigenvalue weighted by Gasteiger charge is -2.08. The van der Waals surface area contributed by atoms with Crippen molar-refractivity contribution in [2.45, 2.75) is 27.2 Å². The first-order chi connectivity index (χ1) is 5.79. The fraction of sp³-hybridized carbons (Fsp3) is 0.500. The lowest BCUT2D eigenvalue weighted by atomic mass is 10.1. The summed E-state index contributed by atoms with van der Waals surface area (Å²) in [6.07, 6.45) is 2.77. The predicted octanol–water partition coefficient (Wildman–Crippen LogP) is 2.35. The summed E-state index contributed by atoms with van der Waals surface area (Å²) >= 11 is 0. The molecule has 1 rings (SSSR count). The van der Waals surface area contributed by atoms with Crippen molar-refractivity contribution in [2.24, 2.45) is 0 Å². The van der Waals surface area contributed by atoms with Gasteiger partial charge in [-0.3, -0.25) is 4.98 Å². The van der Waals surface area contributed by atoms with Crippen molar-refractivity contribution in [1.82, 2.24) is 4.98 Å². The minimum Gasteiger partial charge on any atom is -0.493 e. The van der Waals surface area contributed by atoms with Crippen LogP contribution < -0.4 is 4.74 Å². The van der Waals surface area contributed by atoms with E-state index in [0.29, 0.717) is 6.61 Å². The molecule has 0 unspecified atom stereocenters. The van der Waals surface area contributed by atoms with Gasteiger partial charge in [0.15, 0.2) is 0 Å². The molecule has 2 nitrogen and oxygen atoms in total. The quantitative estimate of drug-likeness (QED) is 0.686. The Morgan fingerprint density at radius 2 is 2.17 bits per heavy atom. The molecule has 0 aliphatic carbocycles. The van der Waals surface area contributed by atoms with E-state index in [9.17, 15) is 0 Å². The highest BCUT2D eigenvalue weighted by molar-refractivity contribution is 5.34. The standard InChI is InChI=1S/C10H15NO/c1-4-9-8(3)10(12-5-2)6-7-11-9/h6-7H,4-5H2,1-3H3. The number of pyridine rings is 1. The first-order valence-corrected chi connectivity index (χ1v) is 4.36. The third kappa shape index (κ3) is 1.76. The number of nitrogens with zero attached hydrogens (tertiary/aromatic N) is 1. The number of aromatic nitrogens is 1. The zero-order valence-electron chi connectivity index (χ0n) is 7.92. The van der Waals surface area contributed by atoms with Gasteiger partial charge in [0.25, 0.3) is 0 Å². The van der Waals surface area contributed by atoms with E-state index in [4.69, 9.17) is 4.74 Å². The van der Waals surface area contributed by atoms with Crippen LogP contribution in [0.15, 0.2) is 12.3 Å². The topological polar surface area (TPSA) is 22.1 Å². The van der Waals surface area contributed by atoms with Gasteiger partial charge in [-0.25, -0.2) is 0 Å². The third-order valence-electron chi connectivity index (χ3n) is 1.89. The molecule has 0 fully saturated rings. The second-order valence-corrected chi connectivity index (χ2v) is 2.67. The van der Waals surface area contributed by atoms with Crippen LogP contribution >= 0.6 is 0 Å². The van der Waals surface area contributed by atoms with Gasteiger partial charge in [-0.15, -0.1) is 0 Å². The Morgan fingerprint density at radius 1 is 1.42 bits per heavy atom. The van der Waals surface area contributed by atoms with E-state index in [-0.39, 0.29) is 0 Å². The van der Waals surface area contributed by atoms with Crippen LogP contribution in [-0.2, 0) is 6.42 Å². The van der Waals surface area contributed by atoms with E-state index >= 15 is 0 Å². The third-order valence-corrected chi connectivity index (χ3v) is 1.89. The zero-order chi connectivity index (χ0) is 8.97. The maximum Gasteiger partial charge on any atom is 0.125 e. The molecule has 0 radical (unpaired) electrons. The van der Waals surface area contributed by atoms with Gasteiger partial charge in [0.1, 0.15) is 5.75 Å². The SMILES string of the molecule is CCOc1ccnc(CC)c1C. The summed E-state index contributed by atoms with van der Waals surface area (Å²) in [7, 11) is 0. The number of hydrogen-bond acceptors (Lipinski definition) is 2. The van der Waals surface area contributed by atoms with Crippen LogP contribution in [0, 0.1) is 6.92 Å². The maximum atomic E-state index is 5.44. The Balaban J connectivity index is 2.97. The van der Waals surface area contributed by atoms with Crippen molar-refractivity contribution in [3.8, 4) is 5.75 Å². The van der Waals surface area contributed by atoms with Crippen LogP contribution in [0.4, 0.5) is 0 Å². The van der Waals surface area contributed by atoms with Gasteiger partial charge in [0.05, 0.1) is 6.61 Å². The van der Waals surface area contributed by atoms with Gasteiger partial charge < -0.3 is 4.74 Å². The molecule has 0 aliphatic heterocycles. The Bertz CT molecular complexity index is 258. The van der Waals surface area contributed by atoms with Crippen LogP contribution in [0.25, 0.3) is 0 Å². The smallest absolute Gasteiger partial charge is 0.125 e. The Labute approximate surface area is 73.6 Å². The van der Waals surface area contributed by atoms with Gasteiger partial charge in [0.2, 0.25) is 0 Å². The van der Waals surface area contributed by atoms with E-state index in [1.807, 2.05) is 13.0 Å². The zero-order valence-corrected chi connectivity index (χ0v) is 7.92. The highest BCUT2D eigenvalue weighted by Gasteiger charge is 2.02. The molecule has 0 aliphatic rings. The minimum absolute atomic E-state index is 0.716. The van der Waals surface area contributed by atoms with Gasteiger partial charge in [0, 0.05) is 17.5 Å². The van der Waals surface area contributed by atoms with Crippen molar-refractivity contribution in [2.75, 3.05) is 6.61 Å². The number of hydrogen-bond donors (Lipinski definition) is 0. The molecule has 0 aromatic carbocycles. The van der Waals surface area contributed by atoms with Crippen LogP contribution in [0.3, 0.4) is 0 Å². The first-order valence-electron chi connectivity index (χ1n) is 4.36. The summed E-state index contributed by atoms with van der Waals surface area (Å²) in [5.74, 6) is 0.962. The number of ether oxygens (including phenoxy) is 1. The molecule has 0 spiro atoms. The Hall–Kier alpha value is -1.05.